The van der Waals surface area contributed by atoms with E-state index in [-0.39, 0.29) is 24.7 Å². The van der Waals surface area contributed by atoms with Gasteiger partial charge < -0.3 is 44.0 Å². The van der Waals surface area contributed by atoms with E-state index in [0.717, 1.165) is 16.3 Å². The first-order valence-electron chi connectivity index (χ1n) is 13.5. The Hall–Kier alpha value is -4.23. The van der Waals surface area contributed by atoms with Gasteiger partial charge in [-0.3, -0.25) is 24.2 Å². The van der Waals surface area contributed by atoms with Crippen LogP contribution in [0.5, 0.6) is 0 Å². The van der Waals surface area contributed by atoms with E-state index in [9.17, 15) is 24.3 Å². The molecular formula is C28H42N8O5. The lowest BCUT2D eigenvalue weighted by atomic mass is 9.97. The van der Waals surface area contributed by atoms with Crippen molar-refractivity contribution < 1.29 is 24.3 Å². The summed E-state index contributed by atoms with van der Waals surface area (Å²) in [7, 11) is 0. The quantitative estimate of drug-likeness (QED) is 0.0686. The summed E-state index contributed by atoms with van der Waals surface area (Å²) < 4.78 is 0. The van der Waals surface area contributed by atoms with Crippen LogP contribution in [0.1, 0.15) is 38.7 Å². The van der Waals surface area contributed by atoms with Gasteiger partial charge in [-0.1, -0.05) is 56.3 Å². The van der Waals surface area contributed by atoms with Crippen LogP contribution in [-0.2, 0) is 25.6 Å². The fourth-order valence-corrected chi connectivity index (χ4v) is 4.28. The fourth-order valence-electron chi connectivity index (χ4n) is 4.28. The van der Waals surface area contributed by atoms with Gasteiger partial charge in [0.1, 0.15) is 18.1 Å². The Balaban J connectivity index is 2.26. The molecule has 0 saturated heterocycles. The molecule has 0 aliphatic heterocycles. The van der Waals surface area contributed by atoms with Crippen molar-refractivity contribution in [1.29, 1.82) is 0 Å². The third-order valence-corrected chi connectivity index (χ3v) is 6.42. The average Bonchev–Trinajstić information content (AvgIpc) is 2.92. The first-order valence-corrected chi connectivity index (χ1v) is 13.5. The van der Waals surface area contributed by atoms with Crippen LogP contribution in [0.4, 0.5) is 0 Å². The second-order valence-corrected chi connectivity index (χ2v) is 10.3. The predicted molar refractivity (Wildman–Crippen MR) is 157 cm³/mol. The van der Waals surface area contributed by atoms with Crippen molar-refractivity contribution in [2.24, 2.45) is 33.8 Å². The fraction of sp³-hybridized carbons (Fsp3) is 0.464. The summed E-state index contributed by atoms with van der Waals surface area (Å²) in [5, 5.41) is 19.2. The highest BCUT2D eigenvalue weighted by Crippen LogP contribution is 2.20. The van der Waals surface area contributed by atoms with Crippen molar-refractivity contribution in [2.45, 2.75) is 63.7 Å². The first kappa shape index (κ1) is 33.0. The van der Waals surface area contributed by atoms with Crippen LogP contribution in [-0.4, -0.2) is 72.0 Å². The van der Waals surface area contributed by atoms with E-state index in [1.165, 1.54) is 0 Å². The normalized spacial score (nSPS) is 14.0. The molecule has 0 unspecified atom stereocenters. The van der Waals surface area contributed by atoms with Crippen LogP contribution < -0.4 is 38.9 Å². The average molecular weight is 571 g/mol. The molecule has 0 bridgehead atoms. The van der Waals surface area contributed by atoms with E-state index in [1.54, 1.807) is 0 Å². The van der Waals surface area contributed by atoms with Crippen molar-refractivity contribution in [1.82, 2.24) is 16.0 Å². The Morgan fingerprint density at radius 3 is 2.10 bits per heavy atom. The number of primary amides is 1. The molecule has 0 aliphatic carbocycles. The zero-order valence-electron chi connectivity index (χ0n) is 23.5. The van der Waals surface area contributed by atoms with Crippen molar-refractivity contribution in [3.8, 4) is 0 Å². The molecule has 0 aliphatic rings. The number of carbonyl (C=O) groups excluding carboxylic acids is 4. The SMILES string of the molecule is CC(C)C[C@H](NC(=O)[C@@H](N)CCCN=C(N)N)C(=O)N[C@@H](Cc1cccc2ccccc12)C(=O)N[C@@H](CO)C(N)=O. The van der Waals surface area contributed by atoms with Gasteiger partial charge in [0.15, 0.2) is 5.96 Å². The lowest BCUT2D eigenvalue weighted by Crippen LogP contribution is -2.58. The highest BCUT2D eigenvalue weighted by atomic mass is 16.3. The minimum absolute atomic E-state index is 0.0168. The van der Waals surface area contributed by atoms with E-state index in [2.05, 4.69) is 20.9 Å². The van der Waals surface area contributed by atoms with E-state index < -0.39 is 54.4 Å². The number of guanidine groups is 1. The molecule has 0 radical (unpaired) electrons. The van der Waals surface area contributed by atoms with Crippen LogP contribution in [0.25, 0.3) is 10.8 Å². The lowest BCUT2D eigenvalue weighted by molar-refractivity contribution is -0.134. The minimum Gasteiger partial charge on any atom is -0.394 e. The summed E-state index contributed by atoms with van der Waals surface area (Å²) in [6.45, 7) is 3.38. The van der Waals surface area contributed by atoms with Gasteiger partial charge in [0.05, 0.1) is 12.6 Å². The topological polar surface area (TPSA) is 241 Å². The molecule has 13 heteroatoms. The molecule has 13 nitrogen and oxygen atoms in total. The van der Waals surface area contributed by atoms with E-state index in [0.29, 0.717) is 19.4 Å². The number of nitrogens with zero attached hydrogens (tertiary/aromatic N) is 1. The Labute approximate surface area is 239 Å². The zero-order valence-corrected chi connectivity index (χ0v) is 23.5. The number of hydrogen-bond acceptors (Lipinski definition) is 7. The van der Waals surface area contributed by atoms with Crippen LogP contribution >= 0.6 is 0 Å². The molecule has 2 aromatic carbocycles. The molecule has 0 aromatic heterocycles. The van der Waals surface area contributed by atoms with Gasteiger partial charge >= 0.3 is 0 Å². The number of nitrogens with two attached hydrogens (primary N) is 4. The number of hydrogen-bond donors (Lipinski definition) is 8. The number of fused-ring (bicyclic) bond motifs is 1. The number of aliphatic imine (C=N–C) groups is 1. The number of amides is 4. The predicted octanol–water partition coefficient (Wildman–Crippen LogP) is -1.26. The zero-order chi connectivity index (χ0) is 30.5. The largest absolute Gasteiger partial charge is 0.394 e. The summed E-state index contributed by atoms with van der Waals surface area (Å²) in [5.74, 6) is -2.80. The molecule has 41 heavy (non-hydrogen) atoms. The summed E-state index contributed by atoms with van der Waals surface area (Å²) in [5.41, 5.74) is 22.7. The Kier molecular flexibility index (Phi) is 13.0. The van der Waals surface area contributed by atoms with Crippen molar-refractivity contribution in [2.75, 3.05) is 13.2 Å². The molecule has 0 spiro atoms. The third-order valence-electron chi connectivity index (χ3n) is 6.42. The number of aliphatic hydroxyl groups is 1. The van der Waals surface area contributed by atoms with Crippen LogP contribution in [0.15, 0.2) is 47.5 Å². The van der Waals surface area contributed by atoms with Gasteiger partial charge in [0.2, 0.25) is 23.6 Å². The van der Waals surface area contributed by atoms with Crippen molar-refractivity contribution >= 4 is 40.4 Å². The molecule has 224 valence electrons. The maximum atomic E-state index is 13.5. The highest BCUT2D eigenvalue weighted by molar-refractivity contribution is 5.95. The first-order chi connectivity index (χ1) is 19.4. The maximum Gasteiger partial charge on any atom is 0.243 e. The van der Waals surface area contributed by atoms with Gasteiger partial charge in [-0.2, -0.15) is 0 Å². The van der Waals surface area contributed by atoms with E-state index in [1.807, 2.05) is 56.3 Å². The van der Waals surface area contributed by atoms with Gasteiger partial charge in [0, 0.05) is 13.0 Å². The third kappa shape index (κ3) is 10.7. The van der Waals surface area contributed by atoms with Gasteiger partial charge in [-0.15, -0.1) is 0 Å². The molecule has 0 saturated carbocycles. The Bertz CT molecular complexity index is 1230. The molecule has 0 fully saturated rings. The second kappa shape index (κ2) is 16.1. The standard InChI is InChI=1S/C28H42N8O5/c1-16(2)13-21(34-25(39)20(29)11-6-12-33-28(31)32)26(40)35-22(27(41)36-23(15-37)24(30)38)14-18-9-5-8-17-7-3-4-10-19(17)18/h3-5,7-10,16,20-23,37H,6,11-15,29H2,1-2H3,(H2,30,38)(H,34,39)(H,35,40)(H,36,41)(H4,31,32,33)/t20-,21-,22-,23-/m0/s1. The van der Waals surface area contributed by atoms with Gasteiger partial charge in [0.25, 0.3) is 0 Å². The van der Waals surface area contributed by atoms with Crippen LogP contribution in [0, 0.1) is 5.92 Å². The summed E-state index contributed by atoms with van der Waals surface area (Å²) >= 11 is 0. The van der Waals surface area contributed by atoms with Crippen LogP contribution in [0.3, 0.4) is 0 Å². The molecular weight excluding hydrogens is 528 g/mol. The molecule has 2 aromatic rings. The number of nitrogens with one attached hydrogen (secondary N) is 3. The van der Waals surface area contributed by atoms with Gasteiger partial charge in [-0.25, -0.2) is 0 Å². The maximum absolute atomic E-state index is 13.5. The van der Waals surface area contributed by atoms with Crippen molar-refractivity contribution in [3.63, 3.8) is 0 Å². The number of carbonyl (C=O) groups is 4. The van der Waals surface area contributed by atoms with Crippen LogP contribution in [0.2, 0.25) is 0 Å². The monoisotopic (exact) mass is 570 g/mol. The second-order valence-electron chi connectivity index (χ2n) is 10.3. The smallest absolute Gasteiger partial charge is 0.243 e. The minimum atomic E-state index is -1.34. The molecule has 2 rings (SSSR count). The molecule has 12 N–H and O–H groups in total. The van der Waals surface area contributed by atoms with E-state index in [4.69, 9.17) is 22.9 Å². The Morgan fingerprint density at radius 1 is 0.854 bits per heavy atom. The summed E-state index contributed by atoms with van der Waals surface area (Å²) in [6, 6.07) is 8.81. The Morgan fingerprint density at radius 2 is 1.46 bits per heavy atom. The summed E-state index contributed by atoms with van der Waals surface area (Å²) in [6.07, 6.45) is 1.11. The molecule has 4 amide bonds. The number of aliphatic hydroxyl groups excluding tert-OH is 1. The number of rotatable bonds is 16. The highest BCUT2D eigenvalue weighted by Gasteiger charge is 2.30. The molecule has 4 atom stereocenters. The van der Waals surface area contributed by atoms with Crippen molar-refractivity contribution in [3.05, 3.63) is 48.0 Å². The lowest BCUT2D eigenvalue weighted by Gasteiger charge is -2.26. The van der Waals surface area contributed by atoms with E-state index >= 15 is 0 Å². The van der Waals surface area contributed by atoms with Gasteiger partial charge in [-0.05, 0) is 41.5 Å². The molecule has 0 heterocycles. The summed E-state index contributed by atoms with van der Waals surface area (Å²) in [4.78, 5) is 55.1. The number of benzene rings is 2.